The predicted molar refractivity (Wildman–Crippen MR) is 128 cm³/mol. The zero-order chi connectivity index (χ0) is 22.7. The van der Waals surface area contributed by atoms with Crippen LogP contribution in [0.1, 0.15) is 33.1 Å². The van der Waals surface area contributed by atoms with E-state index in [-0.39, 0.29) is 17.9 Å². The van der Waals surface area contributed by atoms with E-state index >= 15 is 0 Å². The van der Waals surface area contributed by atoms with Crippen LogP contribution in [-0.2, 0) is 14.3 Å². The number of amides is 3. The monoisotopic (exact) mass is 478 g/mol. The van der Waals surface area contributed by atoms with Crippen molar-refractivity contribution in [2.24, 2.45) is 11.8 Å². The fourth-order valence-corrected chi connectivity index (χ4v) is 6.58. The molecule has 2 saturated heterocycles. The first-order chi connectivity index (χ1) is 15.4. The number of nitrogens with one attached hydrogen (secondary N) is 3. The summed E-state index contributed by atoms with van der Waals surface area (Å²) in [5.74, 6) is 0.494. The summed E-state index contributed by atoms with van der Waals surface area (Å²) in [4.78, 5) is 40.4. The maximum absolute atomic E-state index is 12.9. The molecule has 174 valence electrons. The van der Waals surface area contributed by atoms with Crippen LogP contribution in [0.25, 0.3) is 0 Å². The van der Waals surface area contributed by atoms with Gasteiger partial charge in [-0.25, -0.2) is 4.79 Å². The minimum Gasteiger partial charge on any atom is -0.450 e. The smallest absolute Gasteiger partial charge is 0.413 e. The van der Waals surface area contributed by atoms with Gasteiger partial charge in [0.2, 0.25) is 5.91 Å². The molecule has 3 aliphatic heterocycles. The van der Waals surface area contributed by atoms with Gasteiger partial charge in [-0.3, -0.25) is 14.9 Å². The molecule has 3 N–H and O–H groups in total. The van der Waals surface area contributed by atoms with Crippen molar-refractivity contribution in [2.45, 2.75) is 48.8 Å². The molecule has 10 heteroatoms. The van der Waals surface area contributed by atoms with Crippen LogP contribution in [0, 0.1) is 11.8 Å². The van der Waals surface area contributed by atoms with Crippen LogP contribution in [0.2, 0.25) is 0 Å². The number of imide groups is 1. The number of hydrogen-bond donors (Lipinski definition) is 3. The molecular weight excluding hydrogens is 448 g/mol. The van der Waals surface area contributed by atoms with Crippen molar-refractivity contribution >= 4 is 52.8 Å². The molecule has 3 amide bonds. The Morgan fingerprint density at radius 3 is 2.72 bits per heavy atom. The van der Waals surface area contributed by atoms with Crippen LogP contribution < -0.4 is 20.9 Å². The Hall–Kier alpha value is -2.07. The highest BCUT2D eigenvalue weighted by Crippen LogP contribution is 2.41. The van der Waals surface area contributed by atoms with Gasteiger partial charge in [-0.15, -0.1) is 11.8 Å². The molecule has 0 aromatic heterocycles. The molecule has 32 heavy (non-hydrogen) atoms. The molecule has 0 saturated carbocycles. The van der Waals surface area contributed by atoms with Gasteiger partial charge in [-0.2, -0.15) is 0 Å². The first-order valence-electron chi connectivity index (χ1n) is 11.2. The van der Waals surface area contributed by atoms with E-state index in [1.165, 1.54) is 42.1 Å². The number of carbonyl (C=O) groups is 3. The van der Waals surface area contributed by atoms with Crippen molar-refractivity contribution in [3.63, 3.8) is 0 Å². The van der Waals surface area contributed by atoms with Crippen LogP contribution in [-0.4, -0.2) is 54.1 Å². The highest BCUT2D eigenvalue weighted by Gasteiger charge is 2.38. The Bertz CT molecular complexity index is 875. The number of ether oxygens (including phenoxy) is 1. The quantitative estimate of drug-likeness (QED) is 0.593. The summed E-state index contributed by atoms with van der Waals surface area (Å²) < 4.78 is 4.78. The van der Waals surface area contributed by atoms with Crippen molar-refractivity contribution < 1.29 is 19.1 Å². The van der Waals surface area contributed by atoms with Crippen molar-refractivity contribution in [3.05, 3.63) is 18.2 Å². The summed E-state index contributed by atoms with van der Waals surface area (Å²) in [5.41, 5.74) is 2.16. The summed E-state index contributed by atoms with van der Waals surface area (Å²) >= 11 is 3.02. The topological polar surface area (TPSA) is 99.8 Å². The molecule has 3 aliphatic rings. The SMILES string of the molecule is CCOC(=O)NC(=O)C1CCSC1NC(=O)C1Nc2ccc(N3CCC(C)CC3)cc2S1. The molecule has 8 nitrogen and oxygen atoms in total. The third-order valence-corrected chi connectivity index (χ3v) is 8.53. The molecule has 3 atom stereocenters. The second-order valence-electron chi connectivity index (χ2n) is 8.40. The Kier molecular flexibility index (Phi) is 7.40. The highest BCUT2D eigenvalue weighted by molar-refractivity contribution is 8.01. The van der Waals surface area contributed by atoms with Gasteiger partial charge < -0.3 is 20.3 Å². The fraction of sp³-hybridized carbons (Fsp3) is 0.591. The van der Waals surface area contributed by atoms with Gasteiger partial charge in [0.15, 0.2) is 5.37 Å². The maximum atomic E-state index is 12.9. The predicted octanol–water partition coefficient (Wildman–Crippen LogP) is 3.23. The van der Waals surface area contributed by atoms with Crippen molar-refractivity contribution in [1.29, 1.82) is 0 Å². The van der Waals surface area contributed by atoms with Gasteiger partial charge >= 0.3 is 6.09 Å². The Morgan fingerprint density at radius 2 is 1.97 bits per heavy atom. The number of fused-ring (bicyclic) bond motifs is 1. The van der Waals surface area contributed by atoms with E-state index in [1.54, 1.807) is 6.92 Å². The van der Waals surface area contributed by atoms with Crippen LogP contribution in [0.3, 0.4) is 0 Å². The lowest BCUT2D eigenvalue weighted by molar-refractivity contribution is -0.125. The molecular formula is C22H30N4O4S2. The van der Waals surface area contributed by atoms with E-state index in [0.717, 1.165) is 35.3 Å². The summed E-state index contributed by atoms with van der Waals surface area (Å²) in [6, 6.07) is 6.32. The minimum atomic E-state index is -0.748. The first kappa shape index (κ1) is 23.1. The molecule has 0 spiro atoms. The number of nitrogens with zero attached hydrogens (tertiary/aromatic N) is 1. The number of alkyl carbamates (subject to hydrolysis) is 1. The molecule has 1 aromatic rings. The highest BCUT2D eigenvalue weighted by atomic mass is 32.2. The van der Waals surface area contributed by atoms with E-state index < -0.39 is 23.3 Å². The molecule has 4 rings (SSSR count). The first-order valence-corrected chi connectivity index (χ1v) is 13.1. The lowest BCUT2D eigenvalue weighted by atomic mass is 9.99. The fourth-order valence-electron chi connectivity index (χ4n) is 4.18. The van der Waals surface area contributed by atoms with E-state index in [0.29, 0.717) is 6.42 Å². The third-order valence-electron chi connectivity index (χ3n) is 6.10. The lowest BCUT2D eigenvalue weighted by Crippen LogP contribution is -2.47. The molecule has 0 bridgehead atoms. The Morgan fingerprint density at radius 1 is 1.19 bits per heavy atom. The second kappa shape index (κ2) is 10.2. The maximum Gasteiger partial charge on any atom is 0.413 e. The molecule has 2 fully saturated rings. The van der Waals surface area contributed by atoms with Gasteiger partial charge in [0.1, 0.15) is 0 Å². The molecule has 3 heterocycles. The molecule has 3 unspecified atom stereocenters. The van der Waals surface area contributed by atoms with Gasteiger partial charge in [-0.05, 0) is 56.1 Å². The van der Waals surface area contributed by atoms with E-state index in [1.807, 2.05) is 6.07 Å². The normalized spacial score (nSPS) is 25.1. The van der Waals surface area contributed by atoms with Crippen molar-refractivity contribution in [2.75, 3.05) is 35.7 Å². The summed E-state index contributed by atoms with van der Waals surface area (Å²) in [7, 11) is 0. The van der Waals surface area contributed by atoms with Crippen molar-refractivity contribution in [1.82, 2.24) is 10.6 Å². The van der Waals surface area contributed by atoms with E-state index in [9.17, 15) is 14.4 Å². The van der Waals surface area contributed by atoms with Crippen LogP contribution in [0.4, 0.5) is 16.2 Å². The number of hydrogen-bond acceptors (Lipinski definition) is 8. The largest absolute Gasteiger partial charge is 0.450 e. The average Bonchev–Trinajstić information content (AvgIpc) is 3.40. The van der Waals surface area contributed by atoms with Crippen LogP contribution in [0.15, 0.2) is 23.1 Å². The summed E-state index contributed by atoms with van der Waals surface area (Å²) in [5, 5.41) is 7.72. The summed E-state index contributed by atoms with van der Waals surface area (Å²) in [6.45, 7) is 6.31. The Balaban J connectivity index is 1.33. The van der Waals surface area contributed by atoms with Gasteiger partial charge in [0.05, 0.1) is 17.9 Å². The average molecular weight is 479 g/mol. The van der Waals surface area contributed by atoms with E-state index in [2.05, 4.69) is 39.9 Å². The standard InChI is InChI=1S/C22H30N4O4S2/c1-3-30-22(29)25-18(27)15-8-11-31-20(15)24-19(28)21-23-16-5-4-14(12-17(16)32-21)26-9-6-13(2)7-10-26/h4-5,12-13,15,20-21,23H,3,6-11H2,1-2H3,(H,24,28)(H,25,27,29). The number of piperidine rings is 1. The number of carbonyl (C=O) groups excluding carboxylic acids is 3. The zero-order valence-corrected chi connectivity index (χ0v) is 20.0. The molecule has 0 aliphatic carbocycles. The third kappa shape index (κ3) is 5.28. The number of rotatable bonds is 5. The van der Waals surface area contributed by atoms with Gasteiger partial charge in [0.25, 0.3) is 5.91 Å². The van der Waals surface area contributed by atoms with Crippen molar-refractivity contribution in [3.8, 4) is 0 Å². The minimum absolute atomic E-state index is 0.159. The second-order valence-corrected chi connectivity index (χ2v) is 10.8. The van der Waals surface area contributed by atoms with Crippen LogP contribution in [0.5, 0.6) is 0 Å². The van der Waals surface area contributed by atoms with Gasteiger partial charge in [0, 0.05) is 29.4 Å². The number of anilines is 2. The molecule has 1 aromatic carbocycles. The number of benzene rings is 1. The zero-order valence-electron chi connectivity index (χ0n) is 18.4. The molecule has 0 radical (unpaired) electrons. The number of thioether (sulfide) groups is 2. The lowest BCUT2D eigenvalue weighted by Gasteiger charge is -2.32. The van der Waals surface area contributed by atoms with Gasteiger partial charge in [-0.1, -0.05) is 18.7 Å². The Labute approximate surface area is 197 Å². The van der Waals surface area contributed by atoms with E-state index in [4.69, 9.17) is 4.74 Å². The summed E-state index contributed by atoms with van der Waals surface area (Å²) in [6.07, 6.45) is 2.26. The van der Waals surface area contributed by atoms with Crippen LogP contribution >= 0.6 is 23.5 Å².